The van der Waals surface area contributed by atoms with Gasteiger partial charge in [0.25, 0.3) is 0 Å². The number of likely N-dealkylation sites (N-methyl/N-ethyl adjacent to an activating group) is 1. The number of hydrogen-bond donors (Lipinski definition) is 1. The molecule has 0 aromatic carbocycles. The minimum Gasteiger partial charge on any atom is -0.481 e. The van der Waals surface area contributed by atoms with Crippen LogP contribution in [0.15, 0.2) is 0 Å². The van der Waals surface area contributed by atoms with Crippen molar-refractivity contribution in [1.29, 1.82) is 0 Å². The lowest BCUT2D eigenvalue weighted by atomic mass is 10.3. The number of anilines is 3. The van der Waals surface area contributed by atoms with Gasteiger partial charge in [0.05, 0.1) is 19.4 Å². The Morgan fingerprint density at radius 1 is 0.917 bits per heavy atom. The van der Waals surface area contributed by atoms with E-state index in [1.165, 1.54) is 0 Å². The molecule has 1 heterocycles. The van der Waals surface area contributed by atoms with Gasteiger partial charge >= 0.3 is 11.9 Å². The van der Waals surface area contributed by atoms with Crippen molar-refractivity contribution in [3.8, 4) is 0 Å². The molecule has 1 rings (SSSR count). The second-order valence-corrected chi connectivity index (χ2v) is 5.56. The first-order valence-electron chi connectivity index (χ1n) is 7.40. The van der Waals surface area contributed by atoms with Crippen molar-refractivity contribution in [2.75, 3.05) is 63.1 Å². The van der Waals surface area contributed by atoms with Gasteiger partial charge in [-0.05, 0) is 0 Å². The van der Waals surface area contributed by atoms with E-state index in [9.17, 15) is 9.59 Å². The van der Waals surface area contributed by atoms with Crippen molar-refractivity contribution >= 4 is 29.8 Å². The number of hydrogen-bond acceptors (Lipinski definition) is 9. The summed E-state index contributed by atoms with van der Waals surface area (Å²) >= 11 is 0. The SMILES string of the molecule is CN(C)c1nc(N(C)C)nc(N(C)CCOC(=O)CCC(=O)O)n1. The maximum absolute atomic E-state index is 11.4. The summed E-state index contributed by atoms with van der Waals surface area (Å²) in [6, 6.07) is 0. The molecular weight excluding hydrogens is 316 g/mol. The van der Waals surface area contributed by atoms with Crippen LogP contribution in [0, 0.1) is 0 Å². The number of carbonyl (C=O) groups is 2. The topological polar surface area (TPSA) is 112 Å². The molecule has 1 aromatic heterocycles. The number of aromatic nitrogens is 3. The van der Waals surface area contributed by atoms with E-state index < -0.39 is 11.9 Å². The highest BCUT2D eigenvalue weighted by molar-refractivity contribution is 5.76. The Balaban J connectivity index is 2.65. The number of esters is 1. The number of carboxylic acids is 1. The van der Waals surface area contributed by atoms with E-state index in [0.717, 1.165) is 0 Å². The van der Waals surface area contributed by atoms with Gasteiger partial charge in [0, 0.05) is 35.2 Å². The smallest absolute Gasteiger partial charge is 0.306 e. The maximum atomic E-state index is 11.4. The number of nitrogens with zero attached hydrogens (tertiary/aromatic N) is 6. The summed E-state index contributed by atoms with van der Waals surface area (Å²) in [5, 5.41) is 8.52. The summed E-state index contributed by atoms with van der Waals surface area (Å²) in [5.41, 5.74) is 0. The van der Waals surface area contributed by atoms with E-state index in [4.69, 9.17) is 9.84 Å². The summed E-state index contributed by atoms with van der Waals surface area (Å²) in [7, 11) is 9.12. The van der Waals surface area contributed by atoms with Gasteiger partial charge in [-0.25, -0.2) is 0 Å². The Morgan fingerprint density at radius 2 is 1.42 bits per heavy atom. The van der Waals surface area contributed by atoms with E-state index >= 15 is 0 Å². The molecule has 0 unspecified atom stereocenters. The van der Waals surface area contributed by atoms with Crippen molar-refractivity contribution in [3.63, 3.8) is 0 Å². The van der Waals surface area contributed by atoms with E-state index in [1.807, 2.05) is 28.2 Å². The quantitative estimate of drug-likeness (QED) is 0.609. The predicted molar refractivity (Wildman–Crippen MR) is 89.6 cm³/mol. The van der Waals surface area contributed by atoms with Crippen molar-refractivity contribution in [1.82, 2.24) is 15.0 Å². The third-order valence-electron chi connectivity index (χ3n) is 2.97. The number of ether oxygens (including phenoxy) is 1. The Kier molecular flexibility index (Phi) is 7.15. The molecule has 24 heavy (non-hydrogen) atoms. The average Bonchev–Trinajstić information content (AvgIpc) is 2.52. The van der Waals surface area contributed by atoms with E-state index in [1.54, 1.807) is 21.7 Å². The van der Waals surface area contributed by atoms with Crippen molar-refractivity contribution in [2.24, 2.45) is 0 Å². The highest BCUT2D eigenvalue weighted by Crippen LogP contribution is 2.15. The summed E-state index contributed by atoms with van der Waals surface area (Å²) in [5.74, 6) is -0.0620. The van der Waals surface area contributed by atoms with Crippen LogP contribution < -0.4 is 14.7 Å². The molecule has 0 saturated heterocycles. The molecule has 0 bridgehead atoms. The fraction of sp³-hybridized carbons (Fsp3) is 0.643. The number of rotatable bonds is 9. The molecule has 0 aliphatic carbocycles. The molecule has 0 aliphatic rings. The van der Waals surface area contributed by atoms with Crippen LogP contribution in [0.3, 0.4) is 0 Å². The van der Waals surface area contributed by atoms with Crippen LogP contribution in [0.4, 0.5) is 17.8 Å². The molecule has 10 heteroatoms. The molecule has 10 nitrogen and oxygen atoms in total. The highest BCUT2D eigenvalue weighted by Gasteiger charge is 2.13. The summed E-state index contributed by atoms with van der Waals surface area (Å²) in [6.45, 7) is 0.498. The zero-order chi connectivity index (χ0) is 18.3. The fourth-order valence-electron chi connectivity index (χ4n) is 1.59. The summed E-state index contributed by atoms with van der Waals surface area (Å²) < 4.78 is 5.00. The predicted octanol–water partition coefficient (Wildman–Crippen LogP) is -0.152. The first-order chi connectivity index (χ1) is 11.2. The molecule has 1 N–H and O–H groups in total. The standard InChI is InChI=1S/C14H24N6O4/c1-18(2)12-15-13(19(3)4)17-14(16-12)20(5)8-9-24-11(23)7-6-10(21)22/h6-9H2,1-5H3,(H,21,22). The van der Waals surface area contributed by atoms with Gasteiger partial charge in [-0.1, -0.05) is 0 Å². The Bertz CT molecular complexity index is 552. The van der Waals surface area contributed by atoms with Crippen LogP contribution in [-0.2, 0) is 14.3 Å². The minimum atomic E-state index is -1.03. The Morgan fingerprint density at radius 3 is 1.88 bits per heavy atom. The van der Waals surface area contributed by atoms with Crippen LogP contribution in [0.2, 0.25) is 0 Å². The van der Waals surface area contributed by atoms with Gasteiger partial charge in [-0.15, -0.1) is 0 Å². The fourth-order valence-corrected chi connectivity index (χ4v) is 1.59. The molecule has 134 valence electrons. The van der Waals surface area contributed by atoms with Crippen LogP contribution in [0.5, 0.6) is 0 Å². The van der Waals surface area contributed by atoms with Gasteiger partial charge in [-0.3, -0.25) is 9.59 Å². The van der Waals surface area contributed by atoms with Gasteiger partial charge in [0.15, 0.2) is 0 Å². The summed E-state index contributed by atoms with van der Waals surface area (Å²) in [4.78, 5) is 40.1. The molecule has 0 radical (unpaired) electrons. The zero-order valence-electron chi connectivity index (χ0n) is 14.7. The largest absolute Gasteiger partial charge is 0.481 e. The highest BCUT2D eigenvalue weighted by atomic mass is 16.5. The van der Waals surface area contributed by atoms with Gasteiger partial charge < -0.3 is 24.5 Å². The molecule has 0 saturated carbocycles. The normalized spacial score (nSPS) is 10.2. The third-order valence-corrected chi connectivity index (χ3v) is 2.97. The maximum Gasteiger partial charge on any atom is 0.306 e. The summed E-state index contributed by atoms with van der Waals surface area (Å²) in [6.07, 6.45) is -0.374. The zero-order valence-corrected chi connectivity index (χ0v) is 14.7. The molecule has 0 spiro atoms. The van der Waals surface area contributed by atoms with E-state index in [2.05, 4.69) is 15.0 Å². The lowest BCUT2D eigenvalue weighted by Crippen LogP contribution is -2.28. The van der Waals surface area contributed by atoms with Crippen molar-refractivity contribution in [3.05, 3.63) is 0 Å². The van der Waals surface area contributed by atoms with Gasteiger partial charge in [0.1, 0.15) is 6.61 Å². The monoisotopic (exact) mass is 340 g/mol. The molecule has 0 fully saturated rings. The van der Waals surface area contributed by atoms with Gasteiger partial charge in [0.2, 0.25) is 17.8 Å². The average molecular weight is 340 g/mol. The molecular formula is C14H24N6O4. The van der Waals surface area contributed by atoms with Crippen molar-refractivity contribution in [2.45, 2.75) is 12.8 Å². The van der Waals surface area contributed by atoms with Crippen LogP contribution in [0.25, 0.3) is 0 Å². The Hall–Kier alpha value is -2.65. The van der Waals surface area contributed by atoms with Gasteiger partial charge in [-0.2, -0.15) is 15.0 Å². The van der Waals surface area contributed by atoms with Crippen LogP contribution in [-0.4, -0.2) is 80.4 Å². The molecule has 0 amide bonds. The third kappa shape index (κ3) is 6.23. The van der Waals surface area contributed by atoms with E-state index in [-0.39, 0.29) is 19.4 Å². The number of carbonyl (C=O) groups excluding carboxylic acids is 1. The van der Waals surface area contributed by atoms with Crippen molar-refractivity contribution < 1.29 is 19.4 Å². The van der Waals surface area contributed by atoms with E-state index in [0.29, 0.717) is 24.4 Å². The van der Waals surface area contributed by atoms with Crippen LogP contribution >= 0.6 is 0 Å². The second kappa shape index (κ2) is 8.85. The molecule has 1 aromatic rings. The lowest BCUT2D eigenvalue weighted by molar-refractivity contribution is -0.147. The minimum absolute atomic E-state index is 0.120. The first-order valence-corrected chi connectivity index (χ1v) is 7.40. The first kappa shape index (κ1) is 19.4. The molecule has 0 aliphatic heterocycles. The Labute approximate surface area is 141 Å². The van der Waals surface area contributed by atoms with Crippen LogP contribution in [0.1, 0.15) is 12.8 Å². The molecule has 0 atom stereocenters. The lowest BCUT2D eigenvalue weighted by Gasteiger charge is -2.21. The number of carboxylic acid groups (broad SMARTS) is 1. The number of aliphatic carboxylic acids is 1. The second-order valence-electron chi connectivity index (χ2n) is 5.56.